The van der Waals surface area contributed by atoms with Crippen LogP contribution in [0.2, 0.25) is 5.15 Å². The van der Waals surface area contributed by atoms with Crippen molar-refractivity contribution in [2.75, 3.05) is 0 Å². The van der Waals surface area contributed by atoms with Crippen molar-refractivity contribution in [3.05, 3.63) is 59.8 Å². The number of aromatic amines is 1. The first-order valence-electron chi connectivity index (χ1n) is 6.32. The molecule has 0 aliphatic carbocycles. The molecule has 0 saturated carbocycles. The molecule has 0 aliphatic rings. The summed E-state index contributed by atoms with van der Waals surface area (Å²) in [6, 6.07) is 17.9. The van der Waals surface area contributed by atoms with Gasteiger partial charge in [0.2, 0.25) is 0 Å². The Hall–Kier alpha value is -2.39. The fourth-order valence-corrected chi connectivity index (χ4v) is 2.61. The van der Waals surface area contributed by atoms with Gasteiger partial charge in [0.25, 0.3) is 0 Å². The lowest BCUT2D eigenvalue weighted by Gasteiger charge is -1.98. The van der Waals surface area contributed by atoms with Crippen molar-refractivity contribution in [2.24, 2.45) is 0 Å². The Morgan fingerprint density at radius 3 is 2.45 bits per heavy atom. The van der Waals surface area contributed by atoms with Gasteiger partial charge in [0.1, 0.15) is 16.9 Å². The molecule has 96 valence electrons. The first kappa shape index (κ1) is 11.4. The molecule has 0 fully saturated rings. The summed E-state index contributed by atoms with van der Waals surface area (Å²) >= 11 is 6.25. The molecule has 1 N–H and O–H groups in total. The lowest BCUT2D eigenvalue weighted by Crippen LogP contribution is -1.82. The van der Waals surface area contributed by atoms with Crippen molar-refractivity contribution in [2.45, 2.75) is 0 Å². The van der Waals surface area contributed by atoms with E-state index in [1.54, 1.807) is 0 Å². The molecule has 0 aliphatic heterocycles. The second-order valence-electron chi connectivity index (χ2n) is 4.59. The van der Waals surface area contributed by atoms with Crippen LogP contribution < -0.4 is 0 Å². The van der Waals surface area contributed by atoms with Gasteiger partial charge in [-0.1, -0.05) is 60.1 Å². The Balaban J connectivity index is 2.08. The maximum absolute atomic E-state index is 6.25. The zero-order valence-corrected chi connectivity index (χ0v) is 11.2. The topological polar surface area (TPSA) is 41.6 Å². The number of H-pyrrole nitrogens is 1. The molecule has 4 heteroatoms. The molecule has 0 bridgehead atoms. The summed E-state index contributed by atoms with van der Waals surface area (Å²) in [6.07, 6.45) is 0. The van der Waals surface area contributed by atoms with Crippen molar-refractivity contribution in [1.82, 2.24) is 15.0 Å². The lowest BCUT2D eigenvalue weighted by atomic mass is 10.2. The van der Waals surface area contributed by atoms with E-state index in [2.05, 4.69) is 9.97 Å². The molecule has 0 saturated heterocycles. The molecule has 4 aromatic rings. The molecular weight excluding hydrogens is 270 g/mol. The smallest absolute Gasteiger partial charge is 0.155 e. The van der Waals surface area contributed by atoms with Gasteiger partial charge in [-0.3, -0.25) is 0 Å². The van der Waals surface area contributed by atoms with E-state index in [1.807, 2.05) is 54.6 Å². The van der Waals surface area contributed by atoms with Crippen molar-refractivity contribution in [3.63, 3.8) is 0 Å². The van der Waals surface area contributed by atoms with E-state index >= 15 is 0 Å². The van der Waals surface area contributed by atoms with E-state index in [-0.39, 0.29) is 0 Å². The van der Waals surface area contributed by atoms with Gasteiger partial charge in [-0.25, -0.2) is 9.97 Å². The minimum atomic E-state index is 0.452. The van der Waals surface area contributed by atoms with Gasteiger partial charge < -0.3 is 4.98 Å². The predicted octanol–water partition coefficient (Wildman–Crippen LogP) is 4.43. The molecule has 0 unspecified atom stereocenters. The van der Waals surface area contributed by atoms with Gasteiger partial charge in [-0.2, -0.15) is 0 Å². The Labute approximate surface area is 120 Å². The summed E-state index contributed by atoms with van der Waals surface area (Å²) in [5.41, 5.74) is 3.53. The molecule has 0 atom stereocenters. The van der Waals surface area contributed by atoms with E-state index in [0.29, 0.717) is 5.15 Å². The van der Waals surface area contributed by atoms with Crippen LogP contribution in [0.5, 0.6) is 0 Å². The highest BCUT2D eigenvalue weighted by molar-refractivity contribution is 6.35. The minimum Gasteiger partial charge on any atom is -0.335 e. The molecule has 20 heavy (non-hydrogen) atoms. The largest absolute Gasteiger partial charge is 0.335 e. The number of halogens is 1. The van der Waals surface area contributed by atoms with Crippen LogP contribution >= 0.6 is 11.6 Å². The highest BCUT2D eigenvalue weighted by Crippen LogP contribution is 2.29. The quantitative estimate of drug-likeness (QED) is 0.524. The SMILES string of the molecule is Clc1nc2ccccc2c2nc(-c3ccccc3)[nH]c12. The normalized spacial score (nSPS) is 11.2. The van der Waals surface area contributed by atoms with E-state index in [0.717, 1.165) is 33.3 Å². The lowest BCUT2D eigenvalue weighted by molar-refractivity contribution is 1.33. The third kappa shape index (κ3) is 1.67. The van der Waals surface area contributed by atoms with Crippen molar-refractivity contribution in [1.29, 1.82) is 0 Å². The van der Waals surface area contributed by atoms with Crippen LogP contribution in [0.15, 0.2) is 54.6 Å². The van der Waals surface area contributed by atoms with Crippen LogP contribution in [0.3, 0.4) is 0 Å². The number of fused-ring (bicyclic) bond motifs is 3. The average Bonchev–Trinajstić information content (AvgIpc) is 2.94. The molecule has 2 aromatic carbocycles. The molecule has 3 nitrogen and oxygen atoms in total. The Bertz CT molecular complexity index is 913. The Morgan fingerprint density at radius 2 is 1.60 bits per heavy atom. The van der Waals surface area contributed by atoms with Crippen LogP contribution in [0.25, 0.3) is 33.3 Å². The van der Waals surface area contributed by atoms with E-state index in [9.17, 15) is 0 Å². The fraction of sp³-hybridized carbons (Fsp3) is 0. The number of aromatic nitrogens is 3. The van der Waals surface area contributed by atoms with Gasteiger partial charge in [-0.05, 0) is 6.07 Å². The first-order valence-corrected chi connectivity index (χ1v) is 6.70. The zero-order valence-electron chi connectivity index (χ0n) is 10.5. The second kappa shape index (κ2) is 4.32. The number of pyridine rings is 1. The molecule has 0 amide bonds. The van der Waals surface area contributed by atoms with Crippen molar-refractivity contribution >= 4 is 33.5 Å². The third-order valence-electron chi connectivity index (χ3n) is 3.34. The van der Waals surface area contributed by atoms with Crippen LogP contribution in [0.1, 0.15) is 0 Å². The van der Waals surface area contributed by atoms with E-state index < -0.39 is 0 Å². The van der Waals surface area contributed by atoms with Crippen LogP contribution in [-0.2, 0) is 0 Å². The molecule has 0 radical (unpaired) electrons. The number of nitrogens with zero attached hydrogens (tertiary/aromatic N) is 2. The van der Waals surface area contributed by atoms with Crippen LogP contribution in [-0.4, -0.2) is 15.0 Å². The maximum atomic E-state index is 6.25. The van der Waals surface area contributed by atoms with Crippen molar-refractivity contribution in [3.8, 4) is 11.4 Å². The summed E-state index contributed by atoms with van der Waals surface area (Å²) < 4.78 is 0. The summed E-state index contributed by atoms with van der Waals surface area (Å²) in [5.74, 6) is 0.806. The Morgan fingerprint density at radius 1 is 0.850 bits per heavy atom. The fourth-order valence-electron chi connectivity index (χ4n) is 2.38. The summed E-state index contributed by atoms with van der Waals surface area (Å²) in [6.45, 7) is 0. The van der Waals surface area contributed by atoms with Crippen LogP contribution in [0, 0.1) is 0 Å². The highest BCUT2D eigenvalue weighted by Gasteiger charge is 2.12. The van der Waals surface area contributed by atoms with Gasteiger partial charge in [0.05, 0.1) is 5.52 Å². The number of hydrogen-bond acceptors (Lipinski definition) is 2. The number of rotatable bonds is 1. The number of benzene rings is 2. The molecule has 2 heterocycles. The molecule has 0 spiro atoms. The van der Waals surface area contributed by atoms with Crippen molar-refractivity contribution < 1.29 is 0 Å². The van der Waals surface area contributed by atoms with Gasteiger partial charge in [0.15, 0.2) is 5.15 Å². The maximum Gasteiger partial charge on any atom is 0.155 e. The minimum absolute atomic E-state index is 0.452. The number of para-hydroxylation sites is 1. The predicted molar refractivity (Wildman–Crippen MR) is 81.8 cm³/mol. The van der Waals surface area contributed by atoms with E-state index in [1.165, 1.54) is 0 Å². The molecule has 4 rings (SSSR count). The summed E-state index contributed by atoms with van der Waals surface area (Å²) in [7, 11) is 0. The molecular formula is C16H10ClN3. The van der Waals surface area contributed by atoms with Crippen LogP contribution in [0.4, 0.5) is 0 Å². The van der Waals surface area contributed by atoms with Gasteiger partial charge >= 0.3 is 0 Å². The van der Waals surface area contributed by atoms with Gasteiger partial charge in [0, 0.05) is 10.9 Å². The monoisotopic (exact) mass is 279 g/mol. The Kier molecular flexibility index (Phi) is 2.47. The molecule has 2 aromatic heterocycles. The summed E-state index contributed by atoms with van der Waals surface area (Å²) in [4.78, 5) is 12.4. The van der Waals surface area contributed by atoms with Gasteiger partial charge in [-0.15, -0.1) is 0 Å². The highest BCUT2D eigenvalue weighted by atomic mass is 35.5. The average molecular weight is 280 g/mol. The third-order valence-corrected chi connectivity index (χ3v) is 3.61. The number of hydrogen-bond donors (Lipinski definition) is 1. The van der Waals surface area contributed by atoms with E-state index in [4.69, 9.17) is 16.6 Å². The standard InChI is InChI=1S/C16H10ClN3/c17-15-14-13(11-8-4-5-9-12(11)18-15)19-16(20-14)10-6-2-1-3-7-10/h1-9H,(H,19,20). The zero-order chi connectivity index (χ0) is 13.5. The number of imidazole rings is 1. The number of nitrogens with one attached hydrogen (secondary N) is 1. The summed E-state index contributed by atoms with van der Waals surface area (Å²) in [5, 5.41) is 1.46. The second-order valence-corrected chi connectivity index (χ2v) is 4.95. The first-order chi connectivity index (χ1) is 9.83.